The minimum atomic E-state index is -0.323. The second-order valence-corrected chi connectivity index (χ2v) is 9.40. The van der Waals surface area contributed by atoms with Gasteiger partial charge in [-0.05, 0) is 75.8 Å². The predicted molar refractivity (Wildman–Crippen MR) is 130 cm³/mol. The molecule has 176 valence electrons. The average Bonchev–Trinajstić information content (AvgIpc) is 3.51. The molecule has 2 aromatic rings. The zero-order valence-corrected chi connectivity index (χ0v) is 19.7. The monoisotopic (exact) mass is 452 g/mol. The van der Waals surface area contributed by atoms with E-state index in [4.69, 9.17) is 0 Å². The van der Waals surface area contributed by atoms with Crippen LogP contribution in [0.15, 0.2) is 42.5 Å². The maximum Gasteiger partial charge on any atom is 0.258 e. The standard InChI is InChI=1S/C26H33FN4O2/c1-29(2)22-14-15-31(17-22)24-13-12-21(16-23(24)27)30(3)26(33)19-8-10-20(11-9-19)28-25(32)18-6-4-5-7-18/h8-13,16,18,22H,4-7,14-15,17H2,1-3H3,(H,28,32). The lowest BCUT2D eigenvalue weighted by molar-refractivity contribution is -0.119. The number of nitrogens with zero attached hydrogens (tertiary/aromatic N) is 3. The van der Waals surface area contributed by atoms with Crippen LogP contribution in [-0.4, -0.2) is 57.0 Å². The summed E-state index contributed by atoms with van der Waals surface area (Å²) in [5, 5.41) is 2.94. The van der Waals surface area contributed by atoms with Gasteiger partial charge in [0.25, 0.3) is 5.91 Å². The maximum atomic E-state index is 14.9. The van der Waals surface area contributed by atoms with Crippen molar-refractivity contribution < 1.29 is 14.0 Å². The van der Waals surface area contributed by atoms with Crippen LogP contribution >= 0.6 is 0 Å². The molecule has 2 fully saturated rings. The lowest BCUT2D eigenvalue weighted by atomic mass is 10.1. The summed E-state index contributed by atoms with van der Waals surface area (Å²) in [6, 6.07) is 12.3. The van der Waals surface area contributed by atoms with Crippen molar-refractivity contribution in [1.29, 1.82) is 0 Å². The summed E-state index contributed by atoms with van der Waals surface area (Å²) in [6.45, 7) is 1.61. The largest absolute Gasteiger partial charge is 0.368 e. The number of benzene rings is 2. The van der Waals surface area contributed by atoms with Gasteiger partial charge in [-0.2, -0.15) is 0 Å². The molecule has 1 saturated heterocycles. The fourth-order valence-corrected chi connectivity index (χ4v) is 4.78. The molecule has 4 rings (SSSR count). The number of hydrogen-bond acceptors (Lipinski definition) is 4. The number of halogens is 1. The first-order valence-corrected chi connectivity index (χ1v) is 11.7. The molecular weight excluding hydrogens is 419 g/mol. The molecule has 6 nitrogen and oxygen atoms in total. The highest BCUT2D eigenvalue weighted by molar-refractivity contribution is 6.06. The fraction of sp³-hybridized carbons (Fsp3) is 0.462. The molecule has 0 spiro atoms. The van der Waals surface area contributed by atoms with Crippen LogP contribution in [-0.2, 0) is 4.79 Å². The molecule has 1 N–H and O–H groups in total. The third-order valence-corrected chi connectivity index (χ3v) is 6.98. The molecule has 2 aliphatic rings. The van der Waals surface area contributed by atoms with Crippen molar-refractivity contribution in [2.24, 2.45) is 5.92 Å². The molecule has 0 bridgehead atoms. The van der Waals surface area contributed by atoms with Crippen LogP contribution in [0.1, 0.15) is 42.5 Å². The number of amides is 2. The molecule has 0 aromatic heterocycles. The first-order valence-electron chi connectivity index (χ1n) is 11.7. The van der Waals surface area contributed by atoms with Crippen molar-refractivity contribution in [2.45, 2.75) is 38.1 Å². The normalized spacial score (nSPS) is 18.7. The van der Waals surface area contributed by atoms with E-state index in [9.17, 15) is 14.0 Å². The van der Waals surface area contributed by atoms with Gasteiger partial charge in [-0.3, -0.25) is 9.59 Å². The number of hydrogen-bond donors (Lipinski definition) is 1. The summed E-state index contributed by atoms with van der Waals surface area (Å²) in [5.74, 6) is -0.417. The molecular formula is C26H33FN4O2. The first-order chi connectivity index (χ1) is 15.8. The Morgan fingerprint density at radius 1 is 1.00 bits per heavy atom. The summed E-state index contributed by atoms with van der Waals surface area (Å²) in [4.78, 5) is 30.9. The number of anilines is 3. The molecule has 1 atom stereocenters. The van der Waals surface area contributed by atoms with Crippen LogP contribution in [0.4, 0.5) is 21.5 Å². The van der Waals surface area contributed by atoms with Gasteiger partial charge in [-0.1, -0.05) is 12.8 Å². The van der Waals surface area contributed by atoms with Gasteiger partial charge < -0.3 is 20.0 Å². The number of carbonyl (C=O) groups is 2. The number of likely N-dealkylation sites (N-methyl/N-ethyl adjacent to an activating group) is 1. The van der Waals surface area contributed by atoms with E-state index in [-0.39, 0.29) is 23.5 Å². The van der Waals surface area contributed by atoms with E-state index in [1.165, 1.54) is 11.0 Å². The van der Waals surface area contributed by atoms with E-state index in [0.29, 0.717) is 28.7 Å². The van der Waals surface area contributed by atoms with Gasteiger partial charge in [0, 0.05) is 49.0 Å². The molecule has 0 radical (unpaired) electrons. The second kappa shape index (κ2) is 9.91. The summed E-state index contributed by atoms with van der Waals surface area (Å²) in [6.07, 6.45) is 5.10. The average molecular weight is 453 g/mol. The Labute approximate surface area is 195 Å². The summed E-state index contributed by atoms with van der Waals surface area (Å²) in [7, 11) is 5.74. The van der Waals surface area contributed by atoms with Gasteiger partial charge in [0.1, 0.15) is 5.82 Å². The summed E-state index contributed by atoms with van der Waals surface area (Å²) in [5.41, 5.74) is 2.24. The molecule has 1 unspecified atom stereocenters. The van der Waals surface area contributed by atoms with Crippen molar-refractivity contribution in [2.75, 3.05) is 49.3 Å². The minimum Gasteiger partial charge on any atom is -0.368 e. The van der Waals surface area contributed by atoms with Gasteiger partial charge in [-0.25, -0.2) is 4.39 Å². The Balaban J connectivity index is 1.40. The lowest BCUT2D eigenvalue weighted by Gasteiger charge is -2.24. The van der Waals surface area contributed by atoms with E-state index in [2.05, 4.69) is 15.1 Å². The number of carbonyl (C=O) groups excluding carboxylic acids is 2. The number of rotatable bonds is 6. The molecule has 1 aliphatic heterocycles. The van der Waals surface area contributed by atoms with E-state index in [1.54, 1.807) is 43.4 Å². The lowest BCUT2D eigenvalue weighted by Crippen LogP contribution is -2.31. The Hall–Kier alpha value is -2.93. The highest BCUT2D eigenvalue weighted by Crippen LogP contribution is 2.29. The molecule has 1 aliphatic carbocycles. The second-order valence-electron chi connectivity index (χ2n) is 9.40. The van der Waals surface area contributed by atoms with Crippen LogP contribution in [0.25, 0.3) is 0 Å². The van der Waals surface area contributed by atoms with Gasteiger partial charge in [0.05, 0.1) is 5.69 Å². The van der Waals surface area contributed by atoms with Crippen molar-refractivity contribution in [3.8, 4) is 0 Å². The predicted octanol–water partition coefficient (Wildman–Crippen LogP) is 4.37. The fourth-order valence-electron chi connectivity index (χ4n) is 4.78. The Kier molecular flexibility index (Phi) is 6.98. The SMILES string of the molecule is CN(C(=O)c1ccc(NC(=O)C2CCCC2)cc1)c1ccc(N2CCC(N(C)C)C2)c(F)c1. The van der Waals surface area contributed by atoms with Crippen LogP contribution in [0.5, 0.6) is 0 Å². The van der Waals surface area contributed by atoms with Crippen molar-refractivity contribution >= 4 is 28.9 Å². The third kappa shape index (κ3) is 5.19. The molecule has 33 heavy (non-hydrogen) atoms. The van der Waals surface area contributed by atoms with Crippen LogP contribution in [0, 0.1) is 11.7 Å². The van der Waals surface area contributed by atoms with Crippen LogP contribution < -0.4 is 15.1 Å². The molecule has 7 heteroatoms. The maximum absolute atomic E-state index is 14.9. The van der Waals surface area contributed by atoms with Gasteiger partial charge in [-0.15, -0.1) is 0 Å². The van der Waals surface area contributed by atoms with Gasteiger partial charge in [0.15, 0.2) is 0 Å². The highest BCUT2D eigenvalue weighted by Gasteiger charge is 2.26. The molecule has 2 aromatic carbocycles. The topological polar surface area (TPSA) is 55.9 Å². The highest BCUT2D eigenvalue weighted by atomic mass is 19.1. The van der Waals surface area contributed by atoms with E-state index in [0.717, 1.165) is 45.2 Å². The van der Waals surface area contributed by atoms with E-state index in [1.807, 2.05) is 14.1 Å². The van der Waals surface area contributed by atoms with Crippen LogP contribution in [0.3, 0.4) is 0 Å². The zero-order valence-electron chi connectivity index (χ0n) is 19.7. The van der Waals surface area contributed by atoms with Gasteiger partial charge >= 0.3 is 0 Å². The van der Waals surface area contributed by atoms with E-state index >= 15 is 0 Å². The van der Waals surface area contributed by atoms with Crippen molar-refractivity contribution in [3.63, 3.8) is 0 Å². The molecule has 1 heterocycles. The Morgan fingerprint density at radius 3 is 2.30 bits per heavy atom. The summed E-state index contributed by atoms with van der Waals surface area (Å²) < 4.78 is 14.9. The van der Waals surface area contributed by atoms with E-state index < -0.39 is 0 Å². The third-order valence-electron chi connectivity index (χ3n) is 6.98. The zero-order chi connectivity index (χ0) is 23.5. The van der Waals surface area contributed by atoms with Gasteiger partial charge in [0.2, 0.25) is 5.91 Å². The van der Waals surface area contributed by atoms with Crippen molar-refractivity contribution in [1.82, 2.24) is 4.90 Å². The minimum absolute atomic E-state index is 0.0502. The number of nitrogens with one attached hydrogen (secondary N) is 1. The Bertz CT molecular complexity index is 1000. The molecule has 2 amide bonds. The smallest absolute Gasteiger partial charge is 0.258 e. The van der Waals surface area contributed by atoms with Crippen LogP contribution in [0.2, 0.25) is 0 Å². The quantitative estimate of drug-likeness (QED) is 0.707. The Morgan fingerprint density at radius 2 is 1.70 bits per heavy atom. The first kappa shape index (κ1) is 23.2. The summed E-state index contributed by atoms with van der Waals surface area (Å²) >= 11 is 0. The molecule has 1 saturated carbocycles. The van der Waals surface area contributed by atoms with Crippen molar-refractivity contribution in [3.05, 3.63) is 53.8 Å².